The quantitative estimate of drug-likeness (QED) is 0.585. The van der Waals surface area contributed by atoms with E-state index in [2.05, 4.69) is 31.4 Å². The molecule has 1 aromatic heterocycles. The Morgan fingerprint density at radius 2 is 2.20 bits per heavy atom. The molecule has 86 valence electrons. The number of hydrogen-bond acceptors (Lipinski definition) is 1. The van der Waals surface area contributed by atoms with Crippen LogP contribution in [0.4, 0.5) is 0 Å². The van der Waals surface area contributed by atoms with Crippen LogP contribution in [-0.2, 0) is 6.42 Å². The Kier molecular flexibility index (Phi) is 5.70. The molecule has 0 saturated heterocycles. The third kappa shape index (κ3) is 3.81. The fourth-order valence-corrected chi connectivity index (χ4v) is 3.23. The normalized spacial score (nSPS) is 15.1. The van der Waals surface area contributed by atoms with Gasteiger partial charge in [0.2, 0.25) is 0 Å². The third-order valence-corrected chi connectivity index (χ3v) is 4.67. The number of alkyl halides is 1. The Bertz CT molecular complexity index is 250. The van der Waals surface area contributed by atoms with Crippen molar-refractivity contribution >= 4 is 22.9 Å². The van der Waals surface area contributed by atoms with Crippen molar-refractivity contribution in [2.45, 2.75) is 46.0 Å². The average Bonchev–Trinajstić information content (AvgIpc) is 2.77. The molecule has 1 rings (SSSR count). The first kappa shape index (κ1) is 13.1. The van der Waals surface area contributed by atoms with E-state index in [1.165, 1.54) is 30.6 Å². The van der Waals surface area contributed by atoms with Gasteiger partial charge in [0.1, 0.15) is 0 Å². The number of unbranched alkanes of at least 4 members (excludes halogenated alkanes) is 1. The topological polar surface area (TPSA) is 0 Å². The van der Waals surface area contributed by atoms with Gasteiger partial charge in [0.15, 0.2) is 0 Å². The summed E-state index contributed by atoms with van der Waals surface area (Å²) < 4.78 is 0. The maximum Gasteiger partial charge on any atom is 0.0283 e. The fourth-order valence-electron chi connectivity index (χ4n) is 1.93. The Balaban J connectivity index is 2.63. The van der Waals surface area contributed by atoms with Gasteiger partial charge in [0.05, 0.1) is 0 Å². The molecule has 2 heteroatoms. The summed E-state index contributed by atoms with van der Waals surface area (Å²) in [5, 5.41) is 2.16. The second-order valence-corrected chi connectivity index (χ2v) is 5.65. The van der Waals surface area contributed by atoms with E-state index in [-0.39, 0.29) is 0 Å². The number of rotatable bonds is 7. The second kappa shape index (κ2) is 6.55. The van der Waals surface area contributed by atoms with Crippen molar-refractivity contribution in [3.63, 3.8) is 0 Å². The van der Waals surface area contributed by atoms with Crippen LogP contribution in [0.3, 0.4) is 0 Å². The van der Waals surface area contributed by atoms with Crippen molar-refractivity contribution in [1.29, 1.82) is 0 Å². The summed E-state index contributed by atoms with van der Waals surface area (Å²) in [7, 11) is 0. The predicted octanol–water partition coefficient (Wildman–Crippen LogP) is 5.12. The van der Waals surface area contributed by atoms with Gasteiger partial charge in [-0.05, 0) is 36.1 Å². The molecular formula is C13H21ClS. The maximum absolute atomic E-state index is 6.18. The minimum absolute atomic E-state index is 0.336. The molecule has 0 radical (unpaired) electrons. The maximum atomic E-state index is 6.18. The minimum atomic E-state index is 0.336. The van der Waals surface area contributed by atoms with Crippen molar-refractivity contribution in [3.05, 3.63) is 22.4 Å². The number of thiophene rings is 1. The van der Waals surface area contributed by atoms with Crippen LogP contribution >= 0.6 is 22.9 Å². The number of halogens is 1. The van der Waals surface area contributed by atoms with E-state index in [9.17, 15) is 0 Å². The zero-order chi connectivity index (χ0) is 11.1. The SMILES string of the molecule is CCCCC(CC)(CCl)Cc1cccs1. The van der Waals surface area contributed by atoms with Crippen LogP contribution in [0, 0.1) is 5.41 Å². The smallest absolute Gasteiger partial charge is 0.0283 e. The van der Waals surface area contributed by atoms with Crippen molar-refractivity contribution in [2.75, 3.05) is 5.88 Å². The van der Waals surface area contributed by atoms with Gasteiger partial charge in [-0.1, -0.05) is 32.8 Å². The van der Waals surface area contributed by atoms with Gasteiger partial charge in [-0.2, -0.15) is 0 Å². The van der Waals surface area contributed by atoms with E-state index in [1.54, 1.807) is 0 Å². The Morgan fingerprint density at radius 1 is 1.40 bits per heavy atom. The Morgan fingerprint density at radius 3 is 2.67 bits per heavy atom. The molecule has 0 fully saturated rings. The van der Waals surface area contributed by atoms with Crippen molar-refractivity contribution in [1.82, 2.24) is 0 Å². The van der Waals surface area contributed by atoms with Crippen LogP contribution in [0.1, 0.15) is 44.4 Å². The van der Waals surface area contributed by atoms with Gasteiger partial charge >= 0.3 is 0 Å². The van der Waals surface area contributed by atoms with Gasteiger partial charge in [0, 0.05) is 10.8 Å². The lowest BCUT2D eigenvalue weighted by Gasteiger charge is -2.30. The molecule has 0 aliphatic rings. The summed E-state index contributed by atoms with van der Waals surface area (Å²) >= 11 is 8.04. The van der Waals surface area contributed by atoms with E-state index in [1.807, 2.05) is 11.3 Å². The van der Waals surface area contributed by atoms with Crippen molar-refractivity contribution in [3.8, 4) is 0 Å². The molecule has 1 atom stereocenters. The summed E-state index contributed by atoms with van der Waals surface area (Å²) in [5.74, 6) is 0.793. The van der Waals surface area contributed by atoms with Gasteiger partial charge < -0.3 is 0 Å². The molecule has 0 saturated carbocycles. The minimum Gasteiger partial charge on any atom is -0.149 e. The lowest BCUT2D eigenvalue weighted by atomic mass is 9.79. The van der Waals surface area contributed by atoms with E-state index >= 15 is 0 Å². The molecule has 0 nitrogen and oxygen atoms in total. The second-order valence-electron chi connectivity index (χ2n) is 4.35. The summed E-state index contributed by atoms with van der Waals surface area (Å²) in [6, 6.07) is 4.36. The molecular weight excluding hydrogens is 224 g/mol. The van der Waals surface area contributed by atoms with Crippen molar-refractivity contribution in [2.24, 2.45) is 5.41 Å². The van der Waals surface area contributed by atoms with Crippen LogP contribution in [0.2, 0.25) is 0 Å². The predicted molar refractivity (Wildman–Crippen MR) is 71.0 cm³/mol. The molecule has 1 heterocycles. The Labute approximate surface area is 103 Å². The highest BCUT2D eigenvalue weighted by atomic mass is 35.5. The molecule has 0 bridgehead atoms. The van der Waals surface area contributed by atoms with E-state index in [0.717, 1.165) is 12.3 Å². The fraction of sp³-hybridized carbons (Fsp3) is 0.692. The largest absolute Gasteiger partial charge is 0.149 e. The van der Waals surface area contributed by atoms with Crippen LogP contribution in [0.15, 0.2) is 17.5 Å². The zero-order valence-electron chi connectivity index (χ0n) is 9.76. The van der Waals surface area contributed by atoms with Crippen LogP contribution in [0.25, 0.3) is 0 Å². The lowest BCUT2D eigenvalue weighted by molar-refractivity contribution is 0.281. The van der Waals surface area contributed by atoms with Crippen molar-refractivity contribution < 1.29 is 0 Å². The van der Waals surface area contributed by atoms with Crippen LogP contribution < -0.4 is 0 Å². The van der Waals surface area contributed by atoms with Gasteiger partial charge in [-0.25, -0.2) is 0 Å². The average molecular weight is 245 g/mol. The molecule has 0 aromatic carbocycles. The third-order valence-electron chi connectivity index (χ3n) is 3.22. The number of hydrogen-bond donors (Lipinski definition) is 0. The van der Waals surface area contributed by atoms with E-state index < -0.39 is 0 Å². The van der Waals surface area contributed by atoms with Gasteiger partial charge in [-0.15, -0.1) is 22.9 Å². The highest BCUT2D eigenvalue weighted by molar-refractivity contribution is 7.09. The first-order valence-electron chi connectivity index (χ1n) is 5.84. The molecule has 15 heavy (non-hydrogen) atoms. The van der Waals surface area contributed by atoms with E-state index in [4.69, 9.17) is 11.6 Å². The summed E-state index contributed by atoms with van der Waals surface area (Å²) in [6.07, 6.45) is 6.18. The molecule has 1 aromatic rings. The monoisotopic (exact) mass is 244 g/mol. The van der Waals surface area contributed by atoms with E-state index in [0.29, 0.717) is 5.41 Å². The summed E-state index contributed by atoms with van der Waals surface area (Å²) in [4.78, 5) is 1.48. The highest BCUT2D eigenvalue weighted by Crippen LogP contribution is 2.35. The molecule has 1 unspecified atom stereocenters. The first-order valence-corrected chi connectivity index (χ1v) is 7.26. The highest BCUT2D eigenvalue weighted by Gasteiger charge is 2.27. The lowest BCUT2D eigenvalue weighted by Crippen LogP contribution is -2.24. The van der Waals surface area contributed by atoms with Gasteiger partial charge in [-0.3, -0.25) is 0 Å². The Hall–Kier alpha value is -0.0100. The standard InChI is InChI=1S/C13H21ClS/c1-3-5-8-13(4-2,11-14)10-12-7-6-9-15-12/h6-7,9H,3-5,8,10-11H2,1-2H3. The molecule has 0 aliphatic carbocycles. The summed E-state index contributed by atoms with van der Waals surface area (Å²) in [6.45, 7) is 4.52. The first-order chi connectivity index (χ1) is 7.26. The molecule has 0 amide bonds. The van der Waals surface area contributed by atoms with Crippen LogP contribution in [0.5, 0.6) is 0 Å². The molecule has 0 spiro atoms. The van der Waals surface area contributed by atoms with Crippen LogP contribution in [-0.4, -0.2) is 5.88 Å². The molecule has 0 N–H and O–H groups in total. The molecule has 0 aliphatic heterocycles. The van der Waals surface area contributed by atoms with Gasteiger partial charge in [0.25, 0.3) is 0 Å². The summed E-state index contributed by atoms with van der Waals surface area (Å²) in [5.41, 5.74) is 0.336. The zero-order valence-corrected chi connectivity index (χ0v) is 11.3.